The molecule has 0 aliphatic carbocycles. The van der Waals surface area contributed by atoms with Gasteiger partial charge >= 0.3 is 11.9 Å². The Balaban J connectivity index is 1.93. The van der Waals surface area contributed by atoms with Gasteiger partial charge in [-0.1, -0.05) is 92.0 Å². The van der Waals surface area contributed by atoms with E-state index in [0.717, 1.165) is 0 Å². The molecule has 3 heterocycles. The van der Waals surface area contributed by atoms with Crippen LogP contribution < -0.4 is 11.1 Å². The quantitative estimate of drug-likeness (QED) is 0.166. The molecule has 3 rings (SSSR count). The van der Waals surface area contributed by atoms with Gasteiger partial charge in [0.2, 0.25) is 5.91 Å². The topological polar surface area (TPSA) is 338 Å². The number of cyclic esters (lactones) is 1. The number of hydrogen-bond donors (Lipinski definition) is 12. The van der Waals surface area contributed by atoms with Gasteiger partial charge in [-0.05, 0) is 47.0 Å². The molecule has 8 unspecified atom stereocenters. The molecule has 2 saturated heterocycles. The van der Waals surface area contributed by atoms with Gasteiger partial charge in [-0.15, -0.1) is 0 Å². The molecule has 0 aromatic carbocycles. The Morgan fingerprint density at radius 1 is 0.718 bits per heavy atom. The maximum atomic E-state index is 13.8. The summed E-state index contributed by atoms with van der Waals surface area (Å²) in [6.07, 6.45) is 4.45. The van der Waals surface area contributed by atoms with Gasteiger partial charge in [0.15, 0.2) is 12.1 Å². The number of aliphatic hydroxyl groups excluding tert-OH is 9. The summed E-state index contributed by atoms with van der Waals surface area (Å²) in [7, 11) is 0. The van der Waals surface area contributed by atoms with Crippen molar-refractivity contribution in [2.24, 2.45) is 17.6 Å². The van der Waals surface area contributed by atoms with Gasteiger partial charge < -0.3 is 85.8 Å². The Bertz CT molecular complexity index is 1850. The predicted octanol–water partition coefficient (Wildman–Crippen LogP) is 0.451. The minimum atomic E-state index is -2.35. The molecule has 0 radical (unpaired) electrons. The first-order chi connectivity index (χ1) is 33.4. The highest BCUT2D eigenvalue weighted by Crippen LogP contribution is 2.38. The number of amides is 1. The van der Waals surface area contributed by atoms with Crippen LogP contribution in [0.3, 0.4) is 0 Å². The van der Waals surface area contributed by atoms with E-state index in [2.05, 4.69) is 5.32 Å². The molecule has 1 amide bonds. The summed E-state index contributed by atoms with van der Waals surface area (Å²) in [5.41, 5.74) is 5.14. The monoisotopic (exact) mass is 1010 g/mol. The van der Waals surface area contributed by atoms with Crippen LogP contribution in [-0.4, -0.2) is 179 Å². The van der Waals surface area contributed by atoms with E-state index in [9.17, 15) is 65.4 Å². The largest absolute Gasteiger partial charge is 0.462 e. The minimum Gasteiger partial charge on any atom is -0.462 e. The smallest absolute Gasteiger partial charge is 0.325 e. The van der Waals surface area contributed by atoms with Crippen molar-refractivity contribution in [3.8, 4) is 0 Å². The maximum Gasteiger partial charge on any atom is 0.325 e. The second-order valence-electron chi connectivity index (χ2n) is 19.7. The molecule has 0 saturated carbocycles. The molecule has 0 aromatic heterocycles. The first-order valence-corrected chi connectivity index (χ1v) is 24.3. The van der Waals surface area contributed by atoms with Crippen LogP contribution in [0.1, 0.15) is 92.4 Å². The molecule has 17 atom stereocenters. The zero-order valence-electron chi connectivity index (χ0n) is 41.4. The summed E-state index contributed by atoms with van der Waals surface area (Å²) >= 11 is 0. The van der Waals surface area contributed by atoms with Gasteiger partial charge in [-0.25, -0.2) is 0 Å². The number of carbonyl (C=O) groups excluding carboxylic acids is 3. The van der Waals surface area contributed by atoms with Crippen molar-refractivity contribution in [1.29, 1.82) is 0 Å². The average molecular weight is 1010 g/mol. The summed E-state index contributed by atoms with van der Waals surface area (Å²) < 4.78 is 28.5. The van der Waals surface area contributed by atoms with Gasteiger partial charge in [0.1, 0.15) is 24.4 Å². The fourth-order valence-corrected chi connectivity index (χ4v) is 8.16. The van der Waals surface area contributed by atoms with Crippen molar-refractivity contribution in [2.75, 3.05) is 13.2 Å². The lowest BCUT2D eigenvalue weighted by Gasteiger charge is -2.45. The Morgan fingerprint density at radius 2 is 1.31 bits per heavy atom. The van der Waals surface area contributed by atoms with Gasteiger partial charge in [0, 0.05) is 38.0 Å². The molecule has 0 aromatic rings. The van der Waals surface area contributed by atoms with Crippen LogP contribution >= 0.6 is 0 Å². The molecule has 2 bridgehead atoms. The number of nitrogens with one attached hydrogen (secondary N) is 1. The zero-order chi connectivity index (χ0) is 52.9. The van der Waals surface area contributed by atoms with E-state index >= 15 is 0 Å². The van der Waals surface area contributed by atoms with Crippen LogP contribution in [0, 0.1) is 11.8 Å². The van der Waals surface area contributed by atoms with Crippen molar-refractivity contribution in [3.63, 3.8) is 0 Å². The van der Waals surface area contributed by atoms with Crippen LogP contribution in [0.4, 0.5) is 0 Å². The van der Waals surface area contributed by atoms with Crippen LogP contribution in [0.25, 0.3) is 0 Å². The third kappa shape index (κ3) is 23.2. The molecule has 0 spiro atoms. The lowest BCUT2D eigenvalue weighted by Crippen LogP contribution is -2.59. The Morgan fingerprint density at radius 3 is 1.92 bits per heavy atom. The van der Waals surface area contributed by atoms with E-state index in [0.29, 0.717) is 0 Å². The fourth-order valence-electron chi connectivity index (χ4n) is 8.16. The Labute approximate surface area is 416 Å². The molecule has 20 heteroatoms. The molecule has 3 aliphatic rings. The van der Waals surface area contributed by atoms with Gasteiger partial charge in [0.05, 0.1) is 86.0 Å². The van der Waals surface area contributed by atoms with E-state index in [1.54, 1.807) is 101 Å². The predicted molar refractivity (Wildman–Crippen MR) is 259 cm³/mol. The second-order valence-corrected chi connectivity index (χ2v) is 19.7. The average Bonchev–Trinajstić information content (AvgIpc) is 3.25. The van der Waals surface area contributed by atoms with E-state index < -0.39 is 153 Å². The molecule has 13 N–H and O–H groups in total. The lowest BCUT2D eigenvalue weighted by molar-refractivity contribution is -0.304. The summed E-state index contributed by atoms with van der Waals surface area (Å²) in [5, 5.41) is 111. The first kappa shape index (κ1) is 61.3. The van der Waals surface area contributed by atoms with E-state index in [4.69, 9.17) is 29.4 Å². The standard InChI is InChI=1S/C51H80N2O18/c1-31-18-16-14-12-10-8-6-7-9-11-13-15-17-19-36(69-49-47(64)46(52)41(61)30-67-49)26-42-45(48(65)53-29-44(63)71-50(3,4)5)40(60)28-51(66,70-42)27-35(56)24-39(59)37(57)21-20-33(54)23-34(55)25-43(62)68-32(2)22-38(31)58/h6-19,31-42,45-47,49,54-61,64,66H,20-30,52H2,1-5H3,(H,53,65)/b7-6+,10-8+,11-9+,14-12+,15-13+,18-16+,19-17+/t31-,32-,33?,34?,35?,36?,37?,38-,39?,40-,41+,42-,45?,46-,47-,49-,51?/m0/s1. The minimum absolute atomic E-state index is 0.116. The normalized spacial score (nSPS) is 40.6. The molecule has 402 valence electrons. The molecule has 3 aliphatic heterocycles. The van der Waals surface area contributed by atoms with Crippen LogP contribution in [0.2, 0.25) is 0 Å². The number of rotatable bonds is 5. The van der Waals surface area contributed by atoms with Crippen LogP contribution in [0.15, 0.2) is 85.1 Å². The van der Waals surface area contributed by atoms with E-state index in [1.807, 2.05) is 13.0 Å². The zero-order valence-corrected chi connectivity index (χ0v) is 41.4. The number of esters is 2. The van der Waals surface area contributed by atoms with Crippen molar-refractivity contribution < 1.29 is 89.1 Å². The van der Waals surface area contributed by atoms with Crippen LogP contribution in [-0.2, 0) is 38.1 Å². The molecular weight excluding hydrogens is 929 g/mol. The fraction of sp³-hybridized carbons (Fsp3) is 0.667. The number of aliphatic hydroxyl groups is 10. The van der Waals surface area contributed by atoms with Crippen molar-refractivity contribution in [3.05, 3.63) is 85.1 Å². The van der Waals surface area contributed by atoms with Crippen molar-refractivity contribution in [2.45, 2.75) is 189 Å². The van der Waals surface area contributed by atoms with Crippen molar-refractivity contribution in [1.82, 2.24) is 5.32 Å². The highest BCUT2D eigenvalue weighted by molar-refractivity contribution is 5.84. The Kier molecular flexibility index (Phi) is 26.2. The molecular formula is C51H80N2O18. The SMILES string of the molecule is C[C@H]1C[C@H](O)[C@@H](C)/C=C/C=C/C=C/C=C/C=C/C=C/C=C/C(O[C@@H]2OC[C@@H](O)[C@H](N)[C@@H]2O)C[C@@H]2OC(O)(CC(O)CC(O)C(O)CCC(O)CC(O)CC(=O)O1)C[C@H](O)C2C(=O)NCC(=O)OC(C)(C)C. The van der Waals surface area contributed by atoms with Gasteiger partial charge in [-0.2, -0.15) is 0 Å². The summed E-state index contributed by atoms with van der Waals surface area (Å²) in [6, 6.07) is -1.15. The third-order valence-electron chi connectivity index (χ3n) is 11.9. The van der Waals surface area contributed by atoms with Crippen LogP contribution in [0.5, 0.6) is 0 Å². The third-order valence-corrected chi connectivity index (χ3v) is 11.9. The van der Waals surface area contributed by atoms with Crippen molar-refractivity contribution >= 4 is 17.8 Å². The Hall–Kier alpha value is -3.97. The number of hydrogen-bond acceptors (Lipinski definition) is 19. The number of ether oxygens (including phenoxy) is 5. The molecule has 2 fully saturated rings. The number of nitrogens with two attached hydrogens (primary N) is 1. The molecule has 20 nitrogen and oxygen atoms in total. The molecule has 71 heavy (non-hydrogen) atoms. The first-order valence-electron chi connectivity index (χ1n) is 24.3. The second kappa shape index (κ2) is 30.3. The highest BCUT2D eigenvalue weighted by Gasteiger charge is 2.50. The highest BCUT2D eigenvalue weighted by atomic mass is 16.7. The summed E-state index contributed by atoms with van der Waals surface area (Å²) in [5.74, 6) is -6.43. The summed E-state index contributed by atoms with van der Waals surface area (Å²) in [6.45, 7) is 7.51. The van der Waals surface area contributed by atoms with E-state index in [1.165, 1.54) is 6.08 Å². The lowest BCUT2D eigenvalue weighted by atomic mass is 9.82. The summed E-state index contributed by atoms with van der Waals surface area (Å²) in [4.78, 5) is 38.9. The van der Waals surface area contributed by atoms with Gasteiger partial charge in [-0.3, -0.25) is 14.4 Å². The number of fused-ring (bicyclic) bond motifs is 2. The number of allylic oxidation sites excluding steroid dienone is 12. The van der Waals surface area contributed by atoms with E-state index in [-0.39, 0.29) is 44.6 Å². The van der Waals surface area contributed by atoms with Gasteiger partial charge in [0.25, 0.3) is 0 Å². The maximum absolute atomic E-state index is 13.8. The number of carbonyl (C=O) groups is 3.